The van der Waals surface area contributed by atoms with Crippen molar-refractivity contribution in [2.75, 3.05) is 6.61 Å². The molecular formula is C14H16O4. The Morgan fingerprint density at radius 3 is 2.94 bits per heavy atom. The molecule has 1 aromatic heterocycles. The van der Waals surface area contributed by atoms with Gasteiger partial charge in [0.05, 0.1) is 12.9 Å². The fourth-order valence-corrected chi connectivity index (χ4v) is 2.33. The van der Waals surface area contributed by atoms with Crippen LogP contribution in [0.2, 0.25) is 0 Å². The smallest absolute Gasteiger partial charge is 0.317 e. The minimum absolute atomic E-state index is 0.196. The Morgan fingerprint density at radius 1 is 1.56 bits per heavy atom. The number of carbonyl (C=O) groups excluding carboxylic acids is 2. The molecule has 1 aromatic rings. The quantitative estimate of drug-likeness (QED) is 0.609. The van der Waals surface area contributed by atoms with E-state index in [2.05, 4.69) is 0 Å². The van der Waals surface area contributed by atoms with Gasteiger partial charge in [-0.2, -0.15) is 0 Å². The molecule has 96 valence electrons. The number of allylic oxidation sites excluding steroid dienone is 2. The SMILES string of the molecule is CCOC(=O)[C@@H]1C(=O)C=C(C)C[C@@H]1c1ccco1. The Morgan fingerprint density at radius 2 is 2.33 bits per heavy atom. The fourth-order valence-electron chi connectivity index (χ4n) is 2.33. The van der Waals surface area contributed by atoms with Crippen molar-refractivity contribution >= 4 is 11.8 Å². The van der Waals surface area contributed by atoms with Crippen LogP contribution in [0.4, 0.5) is 0 Å². The lowest BCUT2D eigenvalue weighted by molar-refractivity contribution is -0.152. The third-order valence-corrected chi connectivity index (χ3v) is 3.09. The van der Waals surface area contributed by atoms with Crippen LogP contribution in [-0.4, -0.2) is 18.4 Å². The Hall–Kier alpha value is -1.84. The zero-order chi connectivity index (χ0) is 13.1. The maximum atomic E-state index is 12.0. The highest BCUT2D eigenvalue weighted by molar-refractivity contribution is 6.06. The van der Waals surface area contributed by atoms with Crippen LogP contribution in [-0.2, 0) is 14.3 Å². The standard InChI is InChI=1S/C14H16O4/c1-3-17-14(16)13-10(12-5-4-6-18-12)7-9(2)8-11(13)15/h4-6,8,10,13H,3,7H2,1-2H3/t10-,13+/m1/s1. The predicted octanol–water partition coefficient (Wildman–Crippen LogP) is 2.46. The number of ether oxygens (including phenoxy) is 1. The van der Waals surface area contributed by atoms with E-state index in [1.165, 1.54) is 6.08 Å². The van der Waals surface area contributed by atoms with Gasteiger partial charge in [0, 0.05) is 5.92 Å². The molecule has 0 amide bonds. The molecule has 0 N–H and O–H groups in total. The van der Waals surface area contributed by atoms with E-state index >= 15 is 0 Å². The summed E-state index contributed by atoms with van der Waals surface area (Å²) < 4.78 is 10.3. The minimum atomic E-state index is -0.778. The normalized spacial score (nSPS) is 23.7. The maximum absolute atomic E-state index is 12.0. The van der Waals surface area contributed by atoms with Gasteiger partial charge in [0.25, 0.3) is 0 Å². The largest absolute Gasteiger partial charge is 0.469 e. The van der Waals surface area contributed by atoms with E-state index in [1.54, 1.807) is 25.3 Å². The van der Waals surface area contributed by atoms with Gasteiger partial charge in [-0.1, -0.05) is 5.57 Å². The second-order valence-electron chi connectivity index (χ2n) is 4.45. The molecule has 0 saturated carbocycles. The van der Waals surface area contributed by atoms with Crippen molar-refractivity contribution in [1.29, 1.82) is 0 Å². The van der Waals surface area contributed by atoms with Gasteiger partial charge in [0.1, 0.15) is 11.7 Å². The molecule has 0 bridgehead atoms. The molecule has 1 aliphatic rings. The molecule has 0 saturated heterocycles. The number of furan rings is 1. The predicted molar refractivity (Wildman–Crippen MR) is 65.0 cm³/mol. The molecule has 18 heavy (non-hydrogen) atoms. The number of hydrogen-bond donors (Lipinski definition) is 0. The Bertz CT molecular complexity index is 470. The molecule has 0 radical (unpaired) electrons. The van der Waals surface area contributed by atoms with E-state index in [0.717, 1.165) is 5.57 Å². The van der Waals surface area contributed by atoms with Crippen LogP contribution in [0.15, 0.2) is 34.5 Å². The molecule has 4 heteroatoms. The average Bonchev–Trinajstić information content (AvgIpc) is 2.81. The van der Waals surface area contributed by atoms with Crippen LogP contribution in [0.25, 0.3) is 0 Å². The highest BCUT2D eigenvalue weighted by Crippen LogP contribution is 2.36. The monoisotopic (exact) mass is 248 g/mol. The van der Waals surface area contributed by atoms with Crippen molar-refractivity contribution in [3.05, 3.63) is 35.8 Å². The highest BCUT2D eigenvalue weighted by atomic mass is 16.5. The zero-order valence-corrected chi connectivity index (χ0v) is 10.5. The summed E-state index contributed by atoms with van der Waals surface area (Å²) in [5, 5.41) is 0. The van der Waals surface area contributed by atoms with Crippen LogP contribution in [0.1, 0.15) is 31.9 Å². The van der Waals surface area contributed by atoms with Crippen molar-refractivity contribution in [2.45, 2.75) is 26.2 Å². The topological polar surface area (TPSA) is 56.5 Å². The van der Waals surface area contributed by atoms with E-state index in [9.17, 15) is 9.59 Å². The molecule has 0 aromatic carbocycles. The van der Waals surface area contributed by atoms with E-state index < -0.39 is 11.9 Å². The third kappa shape index (κ3) is 2.37. The first kappa shape index (κ1) is 12.6. The number of esters is 1. The van der Waals surface area contributed by atoms with E-state index in [-0.39, 0.29) is 18.3 Å². The molecule has 0 aliphatic heterocycles. The molecule has 4 nitrogen and oxygen atoms in total. The summed E-state index contributed by atoms with van der Waals surface area (Å²) in [6, 6.07) is 3.55. The molecule has 0 spiro atoms. The summed E-state index contributed by atoms with van der Waals surface area (Å²) in [6.07, 6.45) is 3.72. The number of ketones is 1. The second kappa shape index (κ2) is 5.21. The molecule has 1 aliphatic carbocycles. The van der Waals surface area contributed by atoms with Crippen LogP contribution < -0.4 is 0 Å². The average molecular weight is 248 g/mol. The zero-order valence-electron chi connectivity index (χ0n) is 10.5. The molecule has 0 fully saturated rings. The first-order valence-electron chi connectivity index (χ1n) is 6.04. The highest BCUT2D eigenvalue weighted by Gasteiger charge is 2.40. The Kier molecular flexibility index (Phi) is 3.65. The number of rotatable bonds is 3. The van der Waals surface area contributed by atoms with Gasteiger partial charge in [-0.15, -0.1) is 0 Å². The van der Waals surface area contributed by atoms with Crippen LogP contribution in [0.5, 0.6) is 0 Å². The third-order valence-electron chi connectivity index (χ3n) is 3.09. The first-order chi connectivity index (χ1) is 8.63. The summed E-state index contributed by atoms with van der Waals surface area (Å²) in [5.74, 6) is -1.03. The van der Waals surface area contributed by atoms with Crippen molar-refractivity contribution in [3.8, 4) is 0 Å². The fraction of sp³-hybridized carbons (Fsp3) is 0.429. The lowest BCUT2D eigenvalue weighted by Gasteiger charge is -2.26. The minimum Gasteiger partial charge on any atom is -0.469 e. The lowest BCUT2D eigenvalue weighted by atomic mass is 9.78. The van der Waals surface area contributed by atoms with Crippen LogP contribution >= 0.6 is 0 Å². The molecule has 0 unspecified atom stereocenters. The van der Waals surface area contributed by atoms with E-state index in [4.69, 9.17) is 9.15 Å². The lowest BCUT2D eigenvalue weighted by Crippen LogP contribution is -2.33. The Labute approximate surface area is 106 Å². The van der Waals surface area contributed by atoms with E-state index in [1.807, 2.05) is 6.92 Å². The van der Waals surface area contributed by atoms with Gasteiger partial charge in [-0.05, 0) is 38.5 Å². The van der Waals surface area contributed by atoms with Gasteiger partial charge in [-0.3, -0.25) is 9.59 Å². The molecule has 1 heterocycles. The van der Waals surface area contributed by atoms with Crippen molar-refractivity contribution in [1.82, 2.24) is 0 Å². The van der Waals surface area contributed by atoms with Gasteiger partial charge < -0.3 is 9.15 Å². The maximum Gasteiger partial charge on any atom is 0.317 e. The molecular weight excluding hydrogens is 232 g/mol. The summed E-state index contributed by atoms with van der Waals surface area (Å²) >= 11 is 0. The molecule has 2 atom stereocenters. The first-order valence-corrected chi connectivity index (χ1v) is 6.04. The number of carbonyl (C=O) groups is 2. The van der Waals surface area contributed by atoms with Crippen LogP contribution in [0.3, 0.4) is 0 Å². The Balaban J connectivity index is 2.32. The van der Waals surface area contributed by atoms with Gasteiger partial charge in [0.2, 0.25) is 0 Å². The molecule has 2 rings (SSSR count). The van der Waals surface area contributed by atoms with Crippen molar-refractivity contribution in [2.24, 2.45) is 5.92 Å². The van der Waals surface area contributed by atoms with E-state index in [0.29, 0.717) is 12.2 Å². The summed E-state index contributed by atoms with van der Waals surface area (Å²) in [7, 11) is 0. The van der Waals surface area contributed by atoms with Gasteiger partial charge in [-0.25, -0.2) is 0 Å². The summed E-state index contributed by atoms with van der Waals surface area (Å²) in [5.41, 5.74) is 0.960. The summed E-state index contributed by atoms with van der Waals surface area (Å²) in [6.45, 7) is 3.89. The summed E-state index contributed by atoms with van der Waals surface area (Å²) in [4.78, 5) is 23.9. The van der Waals surface area contributed by atoms with Crippen LogP contribution in [0, 0.1) is 5.92 Å². The number of hydrogen-bond acceptors (Lipinski definition) is 4. The van der Waals surface area contributed by atoms with Gasteiger partial charge >= 0.3 is 5.97 Å². The van der Waals surface area contributed by atoms with Crippen molar-refractivity contribution < 1.29 is 18.7 Å². The second-order valence-corrected chi connectivity index (χ2v) is 4.45. The van der Waals surface area contributed by atoms with Crippen molar-refractivity contribution in [3.63, 3.8) is 0 Å². The van der Waals surface area contributed by atoms with Gasteiger partial charge in [0.15, 0.2) is 5.78 Å².